The first-order valence-corrected chi connectivity index (χ1v) is 0. The Balaban J connectivity index is 0. The average molecular weight is 295 g/mol. The van der Waals surface area contributed by atoms with E-state index in [0.29, 0.717) is 0 Å². The minimum atomic E-state index is 0. The van der Waals surface area contributed by atoms with Gasteiger partial charge in [0.2, 0.25) is 0 Å². The largest absolute Gasteiger partial charge is 2.00 e. The fourth-order valence-electron chi connectivity index (χ4n) is 0. The Bertz CT molecular complexity index is 6.00. The molecule has 0 nitrogen and oxygen atoms in total. The van der Waals surface area contributed by atoms with Gasteiger partial charge in [0.05, 0.1) is 0 Å². The summed E-state index contributed by atoms with van der Waals surface area (Å²) in [6, 6.07) is 0. The van der Waals surface area contributed by atoms with E-state index in [4.69, 9.17) is 0 Å². The Kier molecular flexibility index (Phi) is 128. The SMILES string of the molecule is [Cd+2].[Mg+2].[Se-2].[Se-2]. The van der Waals surface area contributed by atoms with E-state index in [1.165, 1.54) is 0 Å². The Hall–Kier alpha value is 2.73. The van der Waals surface area contributed by atoms with Crippen molar-refractivity contribution in [3.8, 4) is 0 Å². The van der Waals surface area contributed by atoms with Crippen molar-refractivity contribution < 1.29 is 27.3 Å². The normalized spacial score (nSPS) is 0. The van der Waals surface area contributed by atoms with Crippen LogP contribution in [0.25, 0.3) is 0 Å². The molecule has 0 aliphatic carbocycles. The van der Waals surface area contributed by atoms with Crippen LogP contribution in [0.2, 0.25) is 0 Å². The molecule has 0 rings (SSSR count). The molecular formula is CdMgSe2. The van der Waals surface area contributed by atoms with Gasteiger partial charge in [-0.15, -0.1) is 0 Å². The first-order chi connectivity index (χ1) is 0. The van der Waals surface area contributed by atoms with Crippen LogP contribution in [0, 0.1) is 0 Å². The summed E-state index contributed by atoms with van der Waals surface area (Å²) in [6.07, 6.45) is 0. The zero-order chi connectivity index (χ0) is 0. The van der Waals surface area contributed by atoms with Crippen molar-refractivity contribution in [2.24, 2.45) is 0 Å². The summed E-state index contributed by atoms with van der Waals surface area (Å²) in [5.41, 5.74) is 0. The number of hydrogen-bond acceptors (Lipinski definition) is 0. The van der Waals surface area contributed by atoms with Crippen molar-refractivity contribution in [3.05, 3.63) is 0 Å². The minimum Gasteiger partial charge on any atom is -2.00 e. The number of rotatable bonds is 0. The van der Waals surface area contributed by atoms with E-state index in [1.54, 1.807) is 0 Å². The molecule has 0 atom stereocenters. The maximum Gasteiger partial charge on any atom is 2.00 e. The molecule has 0 saturated carbocycles. The topological polar surface area (TPSA) is 0 Å². The predicted octanol–water partition coefficient (Wildman–Crippen LogP) is -1.14. The van der Waals surface area contributed by atoms with E-state index >= 15 is 0 Å². The van der Waals surface area contributed by atoms with Crippen LogP contribution in [0.3, 0.4) is 0 Å². The Morgan fingerprint density at radius 2 is 0.750 bits per heavy atom. The van der Waals surface area contributed by atoms with Gasteiger partial charge in [-0.1, -0.05) is 0 Å². The van der Waals surface area contributed by atoms with Crippen LogP contribution in [0.4, 0.5) is 0 Å². The summed E-state index contributed by atoms with van der Waals surface area (Å²) in [6.45, 7) is 0. The first kappa shape index (κ1) is 29.7. The van der Waals surface area contributed by atoms with Gasteiger partial charge in [0, 0.05) is 0 Å². The number of hydrogen-bond donors (Lipinski definition) is 0. The molecule has 0 bridgehead atoms. The van der Waals surface area contributed by atoms with Crippen LogP contribution >= 0.6 is 0 Å². The van der Waals surface area contributed by atoms with Crippen LogP contribution in [-0.2, 0) is 27.3 Å². The van der Waals surface area contributed by atoms with Gasteiger partial charge < -0.3 is 34.1 Å². The molecule has 0 aliphatic rings. The van der Waals surface area contributed by atoms with E-state index in [1.807, 2.05) is 0 Å². The van der Waals surface area contributed by atoms with Gasteiger partial charge in [-0.25, -0.2) is 0 Å². The van der Waals surface area contributed by atoms with Crippen molar-refractivity contribution >= 4 is 57.2 Å². The van der Waals surface area contributed by atoms with Crippen LogP contribution in [0.15, 0.2) is 0 Å². The predicted molar refractivity (Wildman–Crippen MR) is 17.3 cm³/mol. The maximum absolute atomic E-state index is 0. The first-order valence-electron chi connectivity index (χ1n) is 0. The smallest absolute Gasteiger partial charge is 2.00 e. The molecule has 4 heteroatoms. The van der Waals surface area contributed by atoms with E-state index in [2.05, 4.69) is 0 Å². The summed E-state index contributed by atoms with van der Waals surface area (Å²) in [5.74, 6) is 0. The summed E-state index contributed by atoms with van der Waals surface area (Å²) < 4.78 is 0. The molecule has 0 aliphatic heterocycles. The van der Waals surface area contributed by atoms with E-state index in [-0.39, 0.29) is 84.5 Å². The van der Waals surface area contributed by atoms with Gasteiger partial charge in [-0.05, 0) is 0 Å². The molecule has 0 aromatic carbocycles. The quantitative estimate of drug-likeness (QED) is 0.495. The van der Waals surface area contributed by atoms with Crippen LogP contribution in [0.1, 0.15) is 0 Å². The summed E-state index contributed by atoms with van der Waals surface area (Å²) in [4.78, 5) is 0. The zero-order valence-corrected chi connectivity index (χ0v) is 11.1. The van der Waals surface area contributed by atoms with Crippen molar-refractivity contribution in [1.29, 1.82) is 0 Å². The monoisotopic (exact) mass is 298 g/mol. The van der Waals surface area contributed by atoms with Crippen molar-refractivity contribution in [3.63, 3.8) is 0 Å². The molecule has 0 N–H and O–H groups in total. The molecule has 0 spiro atoms. The standard InChI is InChI=1S/Cd.Mg.2Se/q2*+2;2*-2. The third kappa shape index (κ3) is 8.83. The third-order valence-electron chi connectivity index (χ3n) is 0. The average Bonchev–Trinajstić information content (AvgIpc) is 0. The molecule has 0 amide bonds. The van der Waals surface area contributed by atoms with Crippen LogP contribution < -0.4 is 0 Å². The van der Waals surface area contributed by atoms with E-state index < -0.39 is 0 Å². The van der Waals surface area contributed by atoms with Gasteiger partial charge in [-0.3, -0.25) is 0 Å². The molecule has 0 fully saturated rings. The summed E-state index contributed by atoms with van der Waals surface area (Å²) >= 11 is 0. The van der Waals surface area contributed by atoms with Crippen molar-refractivity contribution in [2.45, 2.75) is 0 Å². The second kappa shape index (κ2) is 17.2. The summed E-state index contributed by atoms with van der Waals surface area (Å²) in [5, 5.41) is 0. The second-order valence-corrected chi connectivity index (χ2v) is 0. The Morgan fingerprint density at radius 1 is 0.750 bits per heavy atom. The van der Waals surface area contributed by atoms with Crippen LogP contribution in [-0.4, -0.2) is 57.2 Å². The van der Waals surface area contributed by atoms with Gasteiger partial charge in [-0.2, -0.15) is 0 Å². The molecule has 0 saturated heterocycles. The third-order valence-corrected chi connectivity index (χ3v) is 0. The van der Waals surface area contributed by atoms with Gasteiger partial charge in [0.15, 0.2) is 0 Å². The fraction of sp³-hybridized carbons (Fsp3) is 0. The Morgan fingerprint density at radius 3 is 0.750 bits per heavy atom. The molecule has 0 unspecified atom stereocenters. The molecular weight excluding hydrogens is 295 g/mol. The van der Waals surface area contributed by atoms with Crippen molar-refractivity contribution in [1.82, 2.24) is 0 Å². The molecule has 0 aromatic rings. The maximum atomic E-state index is 0. The van der Waals surface area contributed by atoms with Crippen LogP contribution in [0.5, 0.6) is 0 Å². The summed E-state index contributed by atoms with van der Waals surface area (Å²) in [7, 11) is 0. The van der Waals surface area contributed by atoms with E-state index in [0.717, 1.165) is 0 Å². The van der Waals surface area contributed by atoms with Gasteiger partial charge >= 0.3 is 50.4 Å². The van der Waals surface area contributed by atoms with Gasteiger partial charge in [0.25, 0.3) is 0 Å². The molecule has 0 radical (unpaired) electrons. The molecule has 16 valence electrons. The molecule has 0 aromatic heterocycles. The van der Waals surface area contributed by atoms with E-state index in [9.17, 15) is 0 Å². The van der Waals surface area contributed by atoms with Gasteiger partial charge in [0.1, 0.15) is 0 Å². The second-order valence-electron chi connectivity index (χ2n) is 0. The fourth-order valence-corrected chi connectivity index (χ4v) is 0. The zero-order valence-electron chi connectivity index (χ0n) is 2.23. The Labute approximate surface area is 83.1 Å². The molecule has 0 heterocycles. The minimum absolute atomic E-state index is 0. The van der Waals surface area contributed by atoms with Crippen molar-refractivity contribution in [2.75, 3.05) is 0 Å². The molecule has 4 heavy (non-hydrogen) atoms.